The zero-order valence-electron chi connectivity index (χ0n) is 24.3. The van der Waals surface area contributed by atoms with Gasteiger partial charge in [-0.2, -0.15) is 0 Å². The molecule has 1 unspecified atom stereocenters. The first-order valence-electron chi connectivity index (χ1n) is 14.0. The number of aromatic nitrogens is 3. The fourth-order valence-corrected chi connectivity index (χ4v) is 5.24. The molecule has 0 radical (unpaired) electrons. The number of carbonyl (C=O) groups is 3. The zero-order valence-corrected chi connectivity index (χ0v) is 24.3. The Morgan fingerprint density at radius 2 is 1.85 bits per heavy atom. The summed E-state index contributed by atoms with van der Waals surface area (Å²) in [5.41, 5.74) is 3.45. The third-order valence-electron chi connectivity index (χ3n) is 7.64. The number of nitrogens with zero attached hydrogens (tertiary/aromatic N) is 4. The summed E-state index contributed by atoms with van der Waals surface area (Å²) in [4.78, 5) is 55.9. The van der Waals surface area contributed by atoms with E-state index < -0.39 is 12.1 Å². The van der Waals surface area contributed by atoms with Gasteiger partial charge in [0.2, 0.25) is 17.7 Å². The number of hydrogen-bond acceptors (Lipinski definition) is 6. The standard InChI is InChI=1S/C30H41N7O3/c1-18(2)16-25(38)36(6)17-23(33-29(39)20(4)31-5)30(40)37-19(3)12-13-24(37)27-34-26-22(14-15-32-28(26)35-27)21-10-8-7-9-11-21/h7-11,14-15,18-20,23-24,31H,12-13,16-17H2,1-6H3,(H,33,39)(H,32,34,35)/t19?,20-,23-,24-/m0/s1. The Kier molecular flexibility index (Phi) is 9.19. The van der Waals surface area contributed by atoms with E-state index in [0.29, 0.717) is 17.9 Å². The van der Waals surface area contributed by atoms with E-state index in [4.69, 9.17) is 4.98 Å². The number of benzene rings is 1. The van der Waals surface area contributed by atoms with Crippen molar-refractivity contribution in [2.45, 2.75) is 71.1 Å². The van der Waals surface area contributed by atoms with Gasteiger partial charge in [-0.1, -0.05) is 44.2 Å². The lowest BCUT2D eigenvalue weighted by Crippen LogP contribution is -2.57. The Morgan fingerprint density at radius 1 is 1.12 bits per heavy atom. The Morgan fingerprint density at radius 3 is 2.52 bits per heavy atom. The molecule has 3 heterocycles. The molecule has 214 valence electrons. The monoisotopic (exact) mass is 547 g/mol. The molecule has 2 aromatic heterocycles. The van der Waals surface area contributed by atoms with Crippen molar-refractivity contribution in [1.29, 1.82) is 0 Å². The average Bonchev–Trinajstić information content (AvgIpc) is 3.54. The van der Waals surface area contributed by atoms with Gasteiger partial charge in [-0.05, 0) is 51.3 Å². The number of pyridine rings is 1. The van der Waals surface area contributed by atoms with Crippen LogP contribution in [-0.2, 0) is 14.4 Å². The quantitative estimate of drug-likeness (QED) is 0.358. The molecule has 3 aromatic rings. The van der Waals surface area contributed by atoms with Gasteiger partial charge in [0, 0.05) is 37.8 Å². The molecule has 1 aliphatic rings. The van der Waals surface area contributed by atoms with E-state index >= 15 is 0 Å². The number of carbonyl (C=O) groups excluding carboxylic acids is 3. The highest BCUT2D eigenvalue weighted by Gasteiger charge is 2.41. The predicted molar refractivity (Wildman–Crippen MR) is 155 cm³/mol. The van der Waals surface area contributed by atoms with Crippen molar-refractivity contribution in [3.63, 3.8) is 0 Å². The number of hydrogen-bond donors (Lipinski definition) is 3. The summed E-state index contributed by atoms with van der Waals surface area (Å²) in [6, 6.07) is 10.2. The lowest BCUT2D eigenvalue weighted by atomic mass is 10.1. The molecule has 3 N–H and O–H groups in total. The van der Waals surface area contributed by atoms with E-state index in [1.807, 2.05) is 62.1 Å². The third-order valence-corrected chi connectivity index (χ3v) is 7.64. The molecule has 4 rings (SSSR count). The number of aromatic amines is 1. The largest absolute Gasteiger partial charge is 0.343 e. The summed E-state index contributed by atoms with van der Waals surface area (Å²) in [7, 11) is 3.37. The summed E-state index contributed by atoms with van der Waals surface area (Å²) < 4.78 is 0. The van der Waals surface area contributed by atoms with Crippen LogP contribution in [0.25, 0.3) is 22.3 Å². The van der Waals surface area contributed by atoms with Crippen LogP contribution < -0.4 is 10.6 Å². The molecule has 10 heteroatoms. The molecular weight excluding hydrogens is 506 g/mol. The second-order valence-electron chi connectivity index (χ2n) is 11.2. The second kappa shape index (κ2) is 12.6. The first-order valence-corrected chi connectivity index (χ1v) is 14.0. The number of fused-ring (bicyclic) bond motifs is 1. The predicted octanol–water partition coefficient (Wildman–Crippen LogP) is 3.27. The van der Waals surface area contributed by atoms with E-state index in [0.717, 1.165) is 29.5 Å². The molecule has 10 nitrogen and oxygen atoms in total. The Bertz CT molecular complexity index is 1340. The number of likely N-dealkylation sites (tertiary alicyclic amines) is 1. The third kappa shape index (κ3) is 6.33. The van der Waals surface area contributed by atoms with Crippen molar-refractivity contribution in [2.75, 3.05) is 20.6 Å². The Balaban J connectivity index is 1.65. The van der Waals surface area contributed by atoms with Gasteiger partial charge in [0.25, 0.3) is 0 Å². The van der Waals surface area contributed by atoms with Gasteiger partial charge in [-0.15, -0.1) is 0 Å². The van der Waals surface area contributed by atoms with Crippen LogP contribution in [0.3, 0.4) is 0 Å². The van der Waals surface area contributed by atoms with E-state index in [2.05, 4.69) is 20.6 Å². The highest BCUT2D eigenvalue weighted by atomic mass is 16.2. The van der Waals surface area contributed by atoms with Crippen molar-refractivity contribution >= 4 is 28.9 Å². The molecule has 1 saturated heterocycles. The van der Waals surface area contributed by atoms with Crippen LogP contribution in [0.15, 0.2) is 42.6 Å². The number of H-pyrrole nitrogens is 1. The number of amides is 3. The minimum absolute atomic E-state index is 0.0634. The van der Waals surface area contributed by atoms with Crippen LogP contribution in [-0.4, -0.2) is 81.2 Å². The molecule has 0 aliphatic carbocycles. The molecule has 0 spiro atoms. The van der Waals surface area contributed by atoms with E-state index in [1.165, 1.54) is 0 Å². The lowest BCUT2D eigenvalue weighted by Gasteiger charge is -2.33. The zero-order chi connectivity index (χ0) is 29.0. The van der Waals surface area contributed by atoms with Gasteiger partial charge in [-0.25, -0.2) is 9.97 Å². The van der Waals surface area contributed by atoms with Gasteiger partial charge in [0.05, 0.1) is 17.6 Å². The van der Waals surface area contributed by atoms with Crippen LogP contribution in [0.1, 0.15) is 58.8 Å². The maximum atomic E-state index is 14.2. The number of rotatable bonds is 10. The molecule has 1 aliphatic heterocycles. The van der Waals surface area contributed by atoms with Gasteiger partial charge in [-0.3, -0.25) is 14.4 Å². The molecular formula is C30H41N7O3. The SMILES string of the molecule is CN[C@@H](C)C(=O)N[C@@H](CN(C)C(=O)CC(C)C)C(=O)N1C(C)CC[C@H]1c1nc2nccc(-c3ccccc3)c2[nH]1. The normalized spacial score (nSPS) is 18.6. The molecule has 1 fully saturated rings. The fourth-order valence-electron chi connectivity index (χ4n) is 5.24. The molecule has 1 aromatic carbocycles. The van der Waals surface area contributed by atoms with Crippen molar-refractivity contribution in [3.05, 3.63) is 48.4 Å². The van der Waals surface area contributed by atoms with Crippen molar-refractivity contribution in [1.82, 2.24) is 35.4 Å². The van der Waals surface area contributed by atoms with Crippen LogP contribution in [0.5, 0.6) is 0 Å². The van der Waals surface area contributed by atoms with Gasteiger partial charge in [0.15, 0.2) is 5.65 Å². The average molecular weight is 548 g/mol. The van der Waals surface area contributed by atoms with Gasteiger partial charge in [0.1, 0.15) is 11.9 Å². The van der Waals surface area contributed by atoms with Crippen LogP contribution >= 0.6 is 0 Å². The van der Waals surface area contributed by atoms with Crippen LogP contribution in [0.2, 0.25) is 0 Å². The molecule has 0 saturated carbocycles. The Hall–Kier alpha value is -3.79. The maximum Gasteiger partial charge on any atom is 0.247 e. The molecule has 0 bridgehead atoms. The van der Waals surface area contributed by atoms with Crippen molar-refractivity contribution < 1.29 is 14.4 Å². The maximum absolute atomic E-state index is 14.2. The van der Waals surface area contributed by atoms with Crippen molar-refractivity contribution in [2.24, 2.45) is 5.92 Å². The topological polar surface area (TPSA) is 123 Å². The highest BCUT2D eigenvalue weighted by molar-refractivity contribution is 5.92. The lowest BCUT2D eigenvalue weighted by molar-refractivity contribution is -0.141. The number of nitrogens with one attached hydrogen (secondary N) is 3. The van der Waals surface area contributed by atoms with E-state index in [-0.39, 0.29) is 42.3 Å². The smallest absolute Gasteiger partial charge is 0.247 e. The number of imidazole rings is 1. The van der Waals surface area contributed by atoms with Gasteiger partial charge < -0.3 is 25.4 Å². The van der Waals surface area contributed by atoms with E-state index in [1.54, 1.807) is 32.1 Å². The minimum Gasteiger partial charge on any atom is -0.343 e. The molecule has 3 amide bonds. The summed E-state index contributed by atoms with van der Waals surface area (Å²) in [6.07, 6.45) is 3.63. The summed E-state index contributed by atoms with van der Waals surface area (Å²) >= 11 is 0. The van der Waals surface area contributed by atoms with Gasteiger partial charge >= 0.3 is 0 Å². The second-order valence-corrected chi connectivity index (χ2v) is 11.2. The fraction of sp³-hybridized carbons (Fsp3) is 0.500. The van der Waals surface area contributed by atoms with Crippen molar-refractivity contribution in [3.8, 4) is 11.1 Å². The van der Waals surface area contributed by atoms with Crippen LogP contribution in [0.4, 0.5) is 0 Å². The summed E-state index contributed by atoms with van der Waals surface area (Å²) in [5.74, 6) is 0.267. The Labute approximate surface area is 235 Å². The van der Waals surface area contributed by atoms with Crippen LogP contribution in [0, 0.1) is 5.92 Å². The van der Waals surface area contributed by atoms with E-state index in [9.17, 15) is 14.4 Å². The molecule has 4 atom stereocenters. The highest BCUT2D eigenvalue weighted by Crippen LogP contribution is 2.37. The first kappa shape index (κ1) is 29.2. The minimum atomic E-state index is -0.894. The summed E-state index contributed by atoms with van der Waals surface area (Å²) in [5, 5.41) is 5.82. The first-order chi connectivity index (χ1) is 19.1. The summed E-state index contributed by atoms with van der Waals surface area (Å²) in [6.45, 7) is 7.79. The molecule has 40 heavy (non-hydrogen) atoms. The number of likely N-dealkylation sites (N-methyl/N-ethyl adjacent to an activating group) is 2.